The number of rotatable bonds is 12. The minimum absolute atomic E-state index is 0.0314. The first-order chi connectivity index (χ1) is 13.4. The zero-order valence-corrected chi connectivity index (χ0v) is 17.1. The molecule has 11 nitrogen and oxygen atoms in total. The van der Waals surface area contributed by atoms with Crippen LogP contribution in [-0.2, 0) is 15.6 Å². The summed E-state index contributed by atoms with van der Waals surface area (Å²) in [7, 11) is -2.91. The van der Waals surface area contributed by atoms with E-state index in [4.69, 9.17) is 20.0 Å². The number of anilines is 1. The van der Waals surface area contributed by atoms with Crippen LogP contribution in [0.5, 0.6) is 0 Å². The van der Waals surface area contributed by atoms with Gasteiger partial charge in [-0.05, 0) is 13.8 Å². The monoisotopic (exact) mass is 412 g/mol. The molecule has 0 amide bonds. The van der Waals surface area contributed by atoms with Gasteiger partial charge < -0.3 is 10.3 Å². The van der Waals surface area contributed by atoms with E-state index in [1.165, 1.54) is 0 Å². The van der Waals surface area contributed by atoms with Crippen molar-refractivity contribution in [1.82, 2.24) is 24.4 Å². The highest BCUT2D eigenvalue weighted by atomic mass is 31.2. The Hall–Kier alpha value is -2.09. The Morgan fingerprint density at radius 2 is 2.07 bits per heavy atom. The summed E-state index contributed by atoms with van der Waals surface area (Å²) >= 11 is 0. The van der Waals surface area contributed by atoms with Crippen LogP contribution in [0, 0.1) is 11.3 Å². The minimum Gasteiger partial charge on any atom is -0.369 e. The van der Waals surface area contributed by atoms with Crippen LogP contribution in [-0.4, -0.2) is 68.3 Å². The van der Waals surface area contributed by atoms with Gasteiger partial charge in [0.2, 0.25) is 5.95 Å². The Kier molecular flexibility index (Phi) is 8.29. The number of fused-ring (bicyclic) bond motifs is 1. The van der Waals surface area contributed by atoms with E-state index in [0.717, 1.165) is 0 Å². The molecule has 2 heterocycles. The summed E-state index contributed by atoms with van der Waals surface area (Å²) in [5, 5.41) is 8.92. The highest BCUT2D eigenvalue weighted by Gasteiger charge is 2.39. The molecule has 0 aliphatic carbocycles. The summed E-state index contributed by atoms with van der Waals surface area (Å²) in [6.45, 7) is 6.46. The lowest BCUT2D eigenvalue weighted by atomic mass is 10.4. The third-order valence-electron chi connectivity index (χ3n) is 4.05. The number of H-pyrrole nitrogens is 1. The van der Waals surface area contributed by atoms with Crippen LogP contribution in [0.2, 0.25) is 0 Å². The molecule has 28 heavy (non-hydrogen) atoms. The summed E-state index contributed by atoms with van der Waals surface area (Å²) < 4.78 is 12.6. The van der Waals surface area contributed by atoms with E-state index in [9.17, 15) is 9.69 Å². The van der Waals surface area contributed by atoms with E-state index in [0.29, 0.717) is 57.6 Å². The lowest BCUT2D eigenvalue weighted by Crippen LogP contribution is -2.32. The molecule has 0 unspecified atom stereocenters. The number of aromatic nitrogens is 4. The first-order valence-electron chi connectivity index (χ1n) is 9.12. The fourth-order valence-electron chi connectivity index (χ4n) is 2.76. The molecule has 0 saturated heterocycles. The number of hydrogen-bond donors (Lipinski definition) is 3. The number of aromatic amines is 1. The van der Waals surface area contributed by atoms with Gasteiger partial charge in [0.25, 0.3) is 5.56 Å². The van der Waals surface area contributed by atoms with Crippen molar-refractivity contribution in [1.29, 1.82) is 5.26 Å². The van der Waals surface area contributed by atoms with Gasteiger partial charge >= 0.3 is 7.94 Å². The van der Waals surface area contributed by atoms with Gasteiger partial charge in [-0.1, -0.05) is 0 Å². The zero-order chi connectivity index (χ0) is 20.6. The molecule has 0 spiro atoms. The number of nitrogen functional groups attached to an aromatic ring is 1. The molecule has 0 bridgehead atoms. The van der Waals surface area contributed by atoms with Crippen LogP contribution >= 0.6 is 7.94 Å². The van der Waals surface area contributed by atoms with Gasteiger partial charge in [0.05, 0.1) is 25.6 Å². The second-order valence-corrected chi connectivity index (χ2v) is 8.25. The Morgan fingerprint density at radius 3 is 2.71 bits per heavy atom. The smallest absolute Gasteiger partial charge is 0.369 e. The lowest BCUT2D eigenvalue weighted by molar-refractivity contribution is 0.183. The molecule has 0 aliphatic heterocycles. The van der Waals surface area contributed by atoms with Crippen molar-refractivity contribution in [3.05, 3.63) is 16.7 Å². The number of hydrogen-bond acceptors (Lipinski definition) is 9. The van der Waals surface area contributed by atoms with Gasteiger partial charge in [0.1, 0.15) is 0 Å². The van der Waals surface area contributed by atoms with Gasteiger partial charge in [0.15, 0.2) is 17.3 Å². The maximum atomic E-state index is 11.9. The van der Waals surface area contributed by atoms with Crippen LogP contribution in [0.4, 0.5) is 5.95 Å². The van der Waals surface area contributed by atoms with E-state index in [1.807, 2.05) is 18.7 Å². The number of nitrogens with zero attached hydrogens (tertiary/aromatic N) is 5. The molecule has 12 heteroatoms. The first kappa shape index (κ1) is 22.2. The van der Waals surface area contributed by atoms with Crippen molar-refractivity contribution < 1.29 is 13.9 Å². The van der Waals surface area contributed by atoms with Gasteiger partial charge in [-0.25, -0.2) is 4.98 Å². The molecule has 0 aromatic carbocycles. The standard InChI is InChI=1S/C16H26N7O4P/c1-3-26-28(25,27-4-2)11-10-22(7-5-6-17)8-9-23-12-19-13-14(23)20-16(18)21-15(13)24/h12,25H,3-5,7-11H2,1-2H3,(H2-,18,20,21,24)/p+1. The Balaban J connectivity index is 2.06. The van der Waals surface area contributed by atoms with Crippen LogP contribution in [0.3, 0.4) is 0 Å². The molecule has 2 aromatic rings. The third kappa shape index (κ3) is 5.95. The number of imidazole rings is 1. The maximum Gasteiger partial charge on any atom is 0.410 e. The van der Waals surface area contributed by atoms with Crippen LogP contribution in [0.15, 0.2) is 11.1 Å². The van der Waals surface area contributed by atoms with Crippen molar-refractivity contribution in [2.24, 2.45) is 0 Å². The predicted octanol–water partition coefficient (Wildman–Crippen LogP) is 0.745. The van der Waals surface area contributed by atoms with Crippen LogP contribution in [0.25, 0.3) is 11.2 Å². The Morgan fingerprint density at radius 1 is 1.36 bits per heavy atom. The average Bonchev–Trinajstić information content (AvgIpc) is 3.04. The van der Waals surface area contributed by atoms with Gasteiger partial charge in [-0.2, -0.15) is 24.2 Å². The molecule has 0 radical (unpaired) electrons. The second kappa shape index (κ2) is 10.5. The first-order valence-corrected chi connectivity index (χ1v) is 10.9. The van der Waals surface area contributed by atoms with E-state index < -0.39 is 7.94 Å². The Labute approximate surface area is 163 Å². The van der Waals surface area contributed by atoms with E-state index in [1.54, 1.807) is 10.9 Å². The third-order valence-corrected chi connectivity index (χ3v) is 6.14. The molecule has 0 fully saturated rings. The molecule has 154 valence electrons. The van der Waals surface area contributed by atoms with Gasteiger partial charge in [-0.3, -0.25) is 14.7 Å². The topological polar surface area (TPSA) is 155 Å². The molecule has 2 aromatic heterocycles. The van der Waals surface area contributed by atoms with E-state index >= 15 is 0 Å². The summed E-state index contributed by atoms with van der Waals surface area (Å²) in [6.07, 6.45) is 2.24. The van der Waals surface area contributed by atoms with Crippen LogP contribution < -0.4 is 11.3 Å². The van der Waals surface area contributed by atoms with E-state index in [2.05, 4.69) is 21.0 Å². The highest BCUT2D eigenvalue weighted by molar-refractivity contribution is 7.60. The molecule has 2 rings (SSSR count). The molecular formula is C16H27N7O4P+. The zero-order valence-electron chi connectivity index (χ0n) is 16.2. The fraction of sp³-hybridized carbons (Fsp3) is 0.625. The van der Waals surface area contributed by atoms with Gasteiger partial charge in [0, 0.05) is 32.6 Å². The lowest BCUT2D eigenvalue weighted by Gasteiger charge is -2.23. The molecule has 0 aliphatic rings. The highest BCUT2D eigenvalue weighted by Crippen LogP contribution is 2.56. The average molecular weight is 412 g/mol. The predicted molar refractivity (Wildman–Crippen MR) is 106 cm³/mol. The Bertz CT molecular complexity index is 857. The van der Waals surface area contributed by atoms with Crippen molar-refractivity contribution in [3.8, 4) is 6.07 Å². The number of nitriles is 1. The molecular weight excluding hydrogens is 385 g/mol. The van der Waals surface area contributed by atoms with Crippen molar-refractivity contribution in [2.75, 3.05) is 44.7 Å². The number of nitrogens with two attached hydrogens (primary N) is 1. The summed E-state index contributed by atoms with van der Waals surface area (Å²) in [5.41, 5.74) is 5.88. The van der Waals surface area contributed by atoms with Crippen LogP contribution in [0.1, 0.15) is 20.3 Å². The number of nitrogens with one attached hydrogen (secondary N) is 1. The molecule has 0 atom stereocenters. The maximum absolute atomic E-state index is 11.9. The fourth-order valence-corrected chi connectivity index (χ4v) is 4.44. The molecule has 4 N–H and O–H groups in total. The van der Waals surface area contributed by atoms with Crippen molar-refractivity contribution in [3.63, 3.8) is 0 Å². The summed E-state index contributed by atoms with van der Waals surface area (Å²) in [5.74, 6) is 0.0314. The van der Waals surface area contributed by atoms with Crippen molar-refractivity contribution >= 4 is 25.1 Å². The molecule has 0 saturated carbocycles. The second-order valence-electron chi connectivity index (χ2n) is 6.01. The minimum atomic E-state index is -2.91. The largest absolute Gasteiger partial charge is 0.410 e. The quantitative estimate of drug-likeness (QED) is 0.428. The summed E-state index contributed by atoms with van der Waals surface area (Å²) in [4.78, 5) is 35.1. The summed E-state index contributed by atoms with van der Waals surface area (Å²) in [6, 6.07) is 2.13. The van der Waals surface area contributed by atoms with Gasteiger partial charge in [-0.15, -0.1) is 0 Å². The van der Waals surface area contributed by atoms with E-state index in [-0.39, 0.29) is 17.0 Å². The SMILES string of the molecule is CCO[P+](O)(CCN(CCC#N)CCn1cnc2c(=O)[nH]c(N)nc21)OCC. The van der Waals surface area contributed by atoms with Crippen molar-refractivity contribution in [2.45, 2.75) is 26.8 Å². The normalized spacial score (nSPS) is 12.0.